The number of aryl methyl sites for hydroxylation is 1. The van der Waals surface area contributed by atoms with E-state index in [4.69, 9.17) is 52.2 Å². The molecule has 2 bridgehead atoms. The number of alkyl halides is 1. The molecule has 2 aromatic heterocycles. The third-order valence-corrected chi connectivity index (χ3v) is 22.1. The largest absolute Gasteiger partial charge is 0.494 e. The molecule has 3 fully saturated rings. The molecular formula is C60H67FN6O16P2S2. The summed E-state index contributed by atoms with van der Waals surface area (Å²) in [6.07, 6.45) is 1.57. The lowest BCUT2D eigenvalue weighted by Gasteiger charge is -2.32. The summed E-state index contributed by atoms with van der Waals surface area (Å²) in [6.45, 7) is -5.91. The number of fused-ring (bicyclic) bond motifs is 4. The number of anilines is 1. The summed E-state index contributed by atoms with van der Waals surface area (Å²) in [5.74, 6) is -1.33. The third-order valence-electron chi connectivity index (χ3n) is 14.8. The van der Waals surface area contributed by atoms with Crippen LogP contribution in [0.2, 0.25) is 0 Å². The highest BCUT2D eigenvalue weighted by molar-refractivity contribution is 8.55. The minimum atomic E-state index is -4.67. The number of esters is 2. The zero-order chi connectivity index (χ0) is 61.1. The smallest absolute Gasteiger partial charge is 0.390 e. The number of nitrogen functional groups attached to an aromatic ring is 1. The van der Waals surface area contributed by atoms with Crippen molar-refractivity contribution in [3.05, 3.63) is 150 Å². The predicted molar refractivity (Wildman–Crippen MR) is 322 cm³/mol. The Kier molecular flexibility index (Phi) is 21.5. The van der Waals surface area contributed by atoms with Crippen LogP contribution in [0.15, 0.2) is 122 Å². The molecule has 462 valence electrons. The fraction of sp³-hybridized carbons (Fsp3) is 0.417. The minimum Gasteiger partial charge on any atom is -0.494 e. The Morgan fingerprint density at radius 3 is 1.85 bits per heavy atom. The van der Waals surface area contributed by atoms with Gasteiger partial charge in [0.25, 0.3) is 0 Å². The fourth-order valence-corrected chi connectivity index (χ4v) is 16.8. The maximum atomic E-state index is 17.3. The van der Waals surface area contributed by atoms with Gasteiger partial charge in [-0.05, 0) is 114 Å². The maximum absolute atomic E-state index is 17.3. The van der Waals surface area contributed by atoms with Crippen LogP contribution in [0.1, 0.15) is 108 Å². The van der Waals surface area contributed by atoms with Gasteiger partial charge in [0.15, 0.2) is 35.9 Å². The first-order chi connectivity index (χ1) is 42.1. The van der Waals surface area contributed by atoms with Gasteiger partial charge in [0.2, 0.25) is 5.91 Å². The molecule has 2 N–H and O–H groups in total. The molecule has 6 heterocycles. The van der Waals surface area contributed by atoms with Gasteiger partial charge >= 0.3 is 25.5 Å². The highest BCUT2D eigenvalue weighted by atomic mass is 32.7. The van der Waals surface area contributed by atoms with E-state index in [0.717, 1.165) is 47.0 Å². The van der Waals surface area contributed by atoms with Crippen molar-refractivity contribution in [1.82, 2.24) is 24.4 Å². The number of hydrogen-bond acceptors (Lipinski definition) is 22. The molecule has 10 rings (SSSR count). The molecule has 6 aromatic rings. The van der Waals surface area contributed by atoms with Crippen LogP contribution in [0.4, 0.5) is 10.2 Å². The van der Waals surface area contributed by atoms with Crippen molar-refractivity contribution in [2.24, 2.45) is 0 Å². The number of hydrogen-bond donors (Lipinski definition) is 1. The molecule has 4 aromatic carbocycles. The van der Waals surface area contributed by atoms with E-state index in [0.29, 0.717) is 46.0 Å². The first kappa shape index (κ1) is 63.7. The van der Waals surface area contributed by atoms with Gasteiger partial charge in [0.1, 0.15) is 59.6 Å². The topological polar surface area (TPSA) is 268 Å². The lowest BCUT2D eigenvalue weighted by atomic mass is 10.1. The zero-order valence-electron chi connectivity index (χ0n) is 48.0. The Labute approximate surface area is 510 Å². The number of benzene rings is 4. The van der Waals surface area contributed by atoms with E-state index in [2.05, 4.69) is 21.9 Å². The number of rotatable bonds is 23. The number of nitrogens with zero attached hydrogens (tertiary/aromatic N) is 5. The minimum absolute atomic E-state index is 0.0277. The van der Waals surface area contributed by atoms with E-state index in [9.17, 15) is 19.2 Å². The lowest BCUT2D eigenvalue weighted by molar-refractivity contribution is -0.148. The van der Waals surface area contributed by atoms with Gasteiger partial charge in [-0.1, -0.05) is 93.8 Å². The number of aromatic nitrogens is 4. The molecule has 27 heteroatoms. The maximum Gasteiger partial charge on any atom is 0.390 e. The molecule has 0 saturated carbocycles. The highest BCUT2D eigenvalue weighted by Crippen LogP contribution is 2.67. The molecule has 0 radical (unpaired) electrons. The van der Waals surface area contributed by atoms with E-state index >= 15 is 13.5 Å². The predicted octanol–water partition coefficient (Wildman–Crippen LogP) is 11.9. The summed E-state index contributed by atoms with van der Waals surface area (Å²) in [5.41, 5.74) is 9.46. The van der Waals surface area contributed by atoms with E-state index in [1.54, 1.807) is 97.1 Å². The second-order valence-electron chi connectivity index (χ2n) is 21.1. The standard InChI is InChI=1S/C60H67FN6O16P2S2/c1-4-5-6-7-8-9-10-11-30-75-44-26-20-42(21-27-44)60(71)79-46-24-16-40(17-25-46)35-87-85(73)77-33-48-52(54(74-3)58(81-48)67-37-65-51-55(62)63-36-64-56(51)67)82-84(72,76-32-47-50(61)53(83-85)57(80-47)66-29-28-43(68)31-49(66)69)86-34-39-14-22-45(23-15-39)78-59(70)41-18-12-38(2)13-19-41/h12-29,36-37,47-48,50,52-54,57-58H,4-11,30-35H2,1-3H3,(H2,62,63,64)/t47-,48-,50-,52-,53-,54-,57?,58-,84?,85?/m1/s1. The van der Waals surface area contributed by atoms with E-state index < -0.39 is 106 Å². The number of ketones is 1. The SMILES string of the molecule is CCCCCCCCCCOc1ccc(C(=O)Oc2ccc(CSP3(=O)OC[C@H]4O[C@@H](n5cnc6c(N)ncnc65)[C@H](OC)[C@@H]4OP(=O)(SCc4ccc(OC(=O)c5ccc(C)cc5)cc4)OC[C@H]4OC(N5C=CC(=O)CC5=O)[C@H](O3)[C@@H]4F)cc2)cc1. The Morgan fingerprint density at radius 2 is 1.25 bits per heavy atom. The van der Waals surface area contributed by atoms with Gasteiger partial charge in [-0.25, -0.2) is 38.1 Å². The van der Waals surface area contributed by atoms with Gasteiger partial charge in [0, 0.05) is 24.8 Å². The van der Waals surface area contributed by atoms with Crippen molar-refractivity contribution in [2.75, 3.05) is 32.7 Å². The van der Waals surface area contributed by atoms with Gasteiger partial charge in [0.05, 0.1) is 43.7 Å². The van der Waals surface area contributed by atoms with Crippen LogP contribution in [0.5, 0.6) is 17.2 Å². The molecule has 3 saturated heterocycles. The highest BCUT2D eigenvalue weighted by Gasteiger charge is 2.56. The van der Waals surface area contributed by atoms with Crippen LogP contribution in [-0.4, -0.2) is 118 Å². The van der Waals surface area contributed by atoms with Gasteiger partial charge in [-0.2, -0.15) is 0 Å². The van der Waals surface area contributed by atoms with Crippen molar-refractivity contribution in [1.29, 1.82) is 0 Å². The number of nitrogens with two attached hydrogens (primary N) is 1. The fourth-order valence-electron chi connectivity index (χ4n) is 10.0. The van der Waals surface area contributed by atoms with Crippen LogP contribution in [0.3, 0.4) is 0 Å². The van der Waals surface area contributed by atoms with Crippen molar-refractivity contribution in [2.45, 2.75) is 132 Å². The van der Waals surface area contributed by atoms with Crippen molar-refractivity contribution in [3.63, 3.8) is 0 Å². The molecular weight excluding hydrogens is 1210 g/mol. The molecule has 10 atom stereocenters. The van der Waals surface area contributed by atoms with E-state index in [-0.39, 0.29) is 40.0 Å². The summed E-state index contributed by atoms with van der Waals surface area (Å²) in [6, 6.07) is 26.5. The number of methoxy groups -OCH3 is 1. The second kappa shape index (κ2) is 29.3. The second-order valence-corrected chi connectivity index (χ2v) is 29.1. The Bertz CT molecular complexity index is 3500. The van der Waals surface area contributed by atoms with Crippen molar-refractivity contribution in [3.8, 4) is 17.2 Å². The summed E-state index contributed by atoms with van der Waals surface area (Å²) >= 11 is 1.43. The average molecular weight is 1270 g/mol. The monoisotopic (exact) mass is 1270 g/mol. The first-order valence-electron chi connectivity index (χ1n) is 28.6. The van der Waals surface area contributed by atoms with Crippen LogP contribution in [0.25, 0.3) is 11.2 Å². The number of allylic oxidation sites excluding steroid dienone is 1. The molecule has 22 nitrogen and oxygen atoms in total. The third kappa shape index (κ3) is 16.1. The number of unbranched alkanes of at least 4 members (excludes halogenated alkanes) is 7. The number of carbonyl (C=O) groups excluding carboxylic acids is 4. The van der Waals surface area contributed by atoms with Gasteiger partial charge in [-0.15, -0.1) is 0 Å². The van der Waals surface area contributed by atoms with Crippen molar-refractivity contribution < 1.29 is 79.2 Å². The molecule has 1 amide bonds. The number of carbonyl (C=O) groups is 4. The Hall–Kier alpha value is -6.34. The van der Waals surface area contributed by atoms with E-state index in [1.807, 2.05) is 6.92 Å². The van der Waals surface area contributed by atoms with Crippen molar-refractivity contribution >= 4 is 77.0 Å². The number of amides is 1. The van der Waals surface area contributed by atoms with Gasteiger partial charge < -0.3 is 34.2 Å². The van der Waals surface area contributed by atoms with Gasteiger partial charge in [-0.3, -0.25) is 37.2 Å². The molecule has 3 unspecified atom stereocenters. The summed E-state index contributed by atoms with van der Waals surface area (Å²) in [4.78, 5) is 65.8. The summed E-state index contributed by atoms with van der Waals surface area (Å²) < 4.78 is 111. The van der Waals surface area contributed by atoms with Crippen LogP contribution in [-0.2, 0) is 62.5 Å². The zero-order valence-corrected chi connectivity index (χ0v) is 51.4. The quantitative estimate of drug-likeness (QED) is 0.0205. The summed E-state index contributed by atoms with van der Waals surface area (Å²) in [5, 5.41) is 0. The number of halogens is 1. The molecule has 0 spiro atoms. The van der Waals surface area contributed by atoms with Crippen LogP contribution in [0, 0.1) is 6.92 Å². The Morgan fingerprint density at radius 1 is 0.701 bits per heavy atom. The first-order valence-corrected chi connectivity index (χ1v) is 34.8. The molecule has 4 aliphatic rings. The summed E-state index contributed by atoms with van der Waals surface area (Å²) in [7, 11) is 1.37. The van der Waals surface area contributed by atoms with Crippen LogP contribution >= 0.6 is 36.4 Å². The normalized spacial score (nSPS) is 25.8. The molecule has 4 aliphatic heterocycles. The van der Waals surface area contributed by atoms with E-state index in [1.165, 1.54) is 62.9 Å². The Balaban J connectivity index is 0.877. The number of ether oxygens (including phenoxy) is 6. The molecule has 0 aliphatic carbocycles. The average Bonchev–Trinajstić information content (AvgIpc) is 1.78. The van der Waals surface area contributed by atoms with Crippen LogP contribution < -0.4 is 19.9 Å². The molecule has 87 heavy (non-hydrogen) atoms. The number of imidazole rings is 1. The lowest BCUT2D eigenvalue weighted by Crippen LogP contribution is -2.46.